The number of nitrogens with one attached hydrogen (secondary N) is 1. The van der Waals surface area contributed by atoms with E-state index in [0.29, 0.717) is 19.6 Å². The number of alkyl halides is 3. The number of nitrogens with zero attached hydrogens (tertiary/aromatic N) is 2. The van der Waals surface area contributed by atoms with Crippen molar-refractivity contribution in [3.63, 3.8) is 0 Å². The molecule has 2 atom stereocenters. The number of rotatable bonds is 5. The minimum atomic E-state index is -5.06. The van der Waals surface area contributed by atoms with E-state index >= 15 is 0 Å². The van der Waals surface area contributed by atoms with Gasteiger partial charge < -0.3 is 24.0 Å². The van der Waals surface area contributed by atoms with Gasteiger partial charge in [-0.1, -0.05) is 0 Å². The average Bonchev–Trinajstić information content (AvgIpc) is 3.20. The van der Waals surface area contributed by atoms with Gasteiger partial charge in [0.25, 0.3) is 17.2 Å². The number of hydrogen-bond donors (Lipinski definition) is 2. The monoisotopic (exact) mass is 467 g/mol. The Hall–Kier alpha value is -2.58. The molecule has 1 aromatic carbocycles. The highest BCUT2D eigenvalue weighted by atomic mass is 32.2. The largest absolute Gasteiger partial charge is 0.573 e. The molecule has 2 fully saturated rings. The molecule has 2 aliphatic heterocycles. The van der Waals surface area contributed by atoms with E-state index in [-0.39, 0.29) is 37.8 Å². The summed E-state index contributed by atoms with van der Waals surface area (Å²) >= 11 is -2.64. The Morgan fingerprint density at radius 2 is 1.87 bits per heavy atom. The Bertz CT molecular complexity index is 841. The average molecular weight is 467 g/mol. The molecule has 3 rings (SSSR count). The molecule has 1 aromatic rings. The fourth-order valence-corrected chi connectivity index (χ4v) is 3.50. The Labute approximate surface area is 177 Å². The van der Waals surface area contributed by atoms with Crippen molar-refractivity contribution in [3.05, 3.63) is 23.8 Å². The number of halogens is 3. The first-order chi connectivity index (χ1) is 14.6. The van der Waals surface area contributed by atoms with Crippen LogP contribution in [-0.2, 0) is 20.7 Å². The number of carbonyl (C=O) groups is 2. The highest BCUT2D eigenvalue weighted by Crippen LogP contribution is 2.32. The van der Waals surface area contributed by atoms with Gasteiger partial charge in [-0.15, -0.1) is 13.2 Å². The van der Waals surface area contributed by atoms with Crippen LogP contribution in [0.2, 0.25) is 0 Å². The number of ether oxygens (including phenoxy) is 3. The topological polar surface area (TPSA) is 118 Å². The van der Waals surface area contributed by atoms with E-state index in [4.69, 9.17) is 14.0 Å². The number of benzene rings is 1. The summed E-state index contributed by atoms with van der Waals surface area (Å²) in [6, 6.07) is 3.09. The molecule has 0 spiro atoms. The molecule has 31 heavy (non-hydrogen) atoms. The number of hydrogen-bond acceptors (Lipinski definition) is 6. The van der Waals surface area contributed by atoms with Gasteiger partial charge in [0.15, 0.2) is 5.75 Å². The van der Waals surface area contributed by atoms with Crippen LogP contribution in [0.4, 0.5) is 23.7 Å². The Morgan fingerprint density at radius 1 is 1.19 bits per heavy atom. The van der Waals surface area contributed by atoms with Crippen LogP contribution in [0.5, 0.6) is 5.75 Å². The molecule has 0 radical (unpaired) electrons. The Balaban J connectivity index is 1.63. The Morgan fingerprint density at radius 3 is 2.45 bits per heavy atom. The summed E-state index contributed by atoms with van der Waals surface area (Å²) in [5.74, 6) is -1.39. The van der Waals surface area contributed by atoms with Crippen LogP contribution in [0.1, 0.15) is 16.8 Å². The van der Waals surface area contributed by atoms with Gasteiger partial charge in [0.2, 0.25) is 0 Å². The van der Waals surface area contributed by atoms with E-state index in [2.05, 4.69) is 4.74 Å². The van der Waals surface area contributed by atoms with Crippen molar-refractivity contribution in [2.45, 2.75) is 18.9 Å². The van der Waals surface area contributed by atoms with Crippen molar-refractivity contribution in [3.8, 4) is 5.75 Å². The second kappa shape index (κ2) is 9.70. The zero-order valence-electron chi connectivity index (χ0n) is 16.1. The minimum absolute atomic E-state index is 0.104. The van der Waals surface area contributed by atoms with E-state index in [1.54, 1.807) is 0 Å². The predicted molar refractivity (Wildman–Crippen MR) is 101 cm³/mol. The molecule has 14 heteroatoms. The number of amides is 2. The summed E-state index contributed by atoms with van der Waals surface area (Å²) in [6.07, 6.45) is -5.23. The quantitative estimate of drug-likeness (QED) is 0.635. The lowest BCUT2D eigenvalue weighted by atomic mass is 10.1. The number of anilines is 1. The van der Waals surface area contributed by atoms with Crippen molar-refractivity contribution in [2.75, 3.05) is 44.1 Å². The molecule has 172 valence electrons. The van der Waals surface area contributed by atoms with Crippen molar-refractivity contribution in [1.82, 2.24) is 9.80 Å². The van der Waals surface area contributed by atoms with E-state index in [1.807, 2.05) is 4.72 Å². The second-order valence-electron chi connectivity index (χ2n) is 6.76. The summed E-state index contributed by atoms with van der Waals surface area (Å²) in [5, 5.41) is 0. The first-order valence-electron chi connectivity index (χ1n) is 9.22. The second-order valence-corrected chi connectivity index (χ2v) is 7.46. The molecule has 2 aliphatic rings. The molecule has 2 amide bonds. The fraction of sp³-hybridized carbons (Fsp3) is 0.529. The highest BCUT2D eigenvalue weighted by molar-refractivity contribution is 7.80. The van der Waals surface area contributed by atoms with E-state index in [9.17, 15) is 27.0 Å². The lowest BCUT2D eigenvalue weighted by Crippen LogP contribution is -2.51. The van der Waals surface area contributed by atoms with Crippen molar-refractivity contribution in [1.29, 1.82) is 0 Å². The third-order valence-electron chi connectivity index (χ3n) is 4.63. The van der Waals surface area contributed by atoms with Gasteiger partial charge in [-0.05, 0) is 18.2 Å². The van der Waals surface area contributed by atoms with Crippen LogP contribution in [0.15, 0.2) is 18.2 Å². The first-order valence-corrected chi connectivity index (χ1v) is 10.3. The molecule has 0 saturated carbocycles. The van der Waals surface area contributed by atoms with Crippen molar-refractivity contribution >= 4 is 29.0 Å². The maximum absolute atomic E-state index is 12.7. The molecule has 2 N–H and O–H groups in total. The zero-order chi connectivity index (χ0) is 22.6. The molecule has 0 aliphatic carbocycles. The van der Waals surface area contributed by atoms with Gasteiger partial charge in [0, 0.05) is 38.2 Å². The van der Waals surface area contributed by atoms with Crippen molar-refractivity contribution in [2.24, 2.45) is 0 Å². The molecule has 0 bridgehead atoms. The fourth-order valence-electron chi connectivity index (χ4n) is 3.14. The maximum atomic E-state index is 12.7. The van der Waals surface area contributed by atoms with Gasteiger partial charge in [0.1, 0.15) is 6.10 Å². The smallest absolute Gasteiger partial charge is 0.444 e. The normalized spacial score (nSPS) is 20.3. The van der Waals surface area contributed by atoms with Gasteiger partial charge in [-0.25, -0.2) is 9.00 Å². The van der Waals surface area contributed by atoms with Crippen LogP contribution in [0, 0.1) is 0 Å². The van der Waals surface area contributed by atoms with Crippen molar-refractivity contribution < 1.29 is 45.7 Å². The summed E-state index contributed by atoms with van der Waals surface area (Å²) in [7, 11) is 0. The minimum Gasteiger partial charge on any atom is -0.444 e. The van der Waals surface area contributed by atoms with Gasteiger partial charge >= 0.3 is 12.5 Å². The molecule has 10 nitrogen and oxygen atoms in total. The van der Waals surface area contributed by atoms with Crippen LogP contribution in [-0.4, -0.2) is 82.4 Å². The maximum Gasteiger partial charge on any atom is 0.573 e. The summed E-state index contributed by atoms with van der Waals surface area (Å²) in [4.78, 5) is 27.7. The molecule has 1 unspecified atom stereocenters. The Kier molecular flexibility index (Phi) is 7.23. The lowest BCUT2D eigenvalue weighted by molar-refractivity contribution is -0.274. The molecular formula is C17H20F3N3O7S. The summed E-state index contributed by atoms with van der Waals surface area (Å²) in [6.45, 7) is 1.60. The third-order valence-corrected chi connectivity index (χ3v) is 5.03. The van der Waals surface area contributed by atoms with Gasteiger partial charge in [-0.3, -0.25) is 14.1 Å². The van der Waals surface area contributed by atoms with E-state index in [1.165, 1.54) is 15.9 Å². The van der Waals surface area contributed by atoms with Gasteiger partial charge in [-0.2, -0.15) is 0 Å². The third kappa shape index (κ3) is 6.45. The van der Waals surface area contributed by atoms with E-state index < -0.39 is 41.1 Å². The number of piperazine rings is 1. The molecular weight excluding hydrogens is 447 g/mol. The molecule has 2 heterocycles. The lowest BCUT2D eigenvalue weighted by Gasteiger charge is -2.34. The highest BCUT2D eigenvalue weighted by Gasteiger charge is 2.33. The van der Waals surface area contributed by atoms with Crippen LogP contribution in [0.3, 0.4) is 0 Å². The predicted octanol–water partition coefficient (Wildman–Crippen LogP) is 1.82. The summed E-state index contributed by atoms with van der Waals surface area (Å²) < 4.78 is 74.0. The number of carbonyl (C=O) groups excluding carboxylic acids is 2. The van der Waals surface area contributed by atoms with Gasteiger partial charge in [0.05, 0.1) is 18.9 Å². The molecule has 2 saturated heterocycles. The van der Waals surface area contributed by atoms with E-state index in [0.717, 1.165) is 12.1 Å². The van der Waals surface area contributed by atoms with Crippen LogP contribution < -0.4 is 9.46 Å². The standard InChI is InChI=1S/C17H20F3N3O7S/c18-17(19,20)30-14-9-11(1-2-13(14)21-31(26)27)15(24)22-4-6-23(7-5-22)16(25)29-12-3-8-28-10-12/h1-2,9,12,21H,3-8,10H2,(H,26,27)/t12-/m1/s1. The summed E-state index contributed by atoms with van der Waals surface area (Å²) in [5.41, 5.74) is -0.509. The molecule has 0 aromatic heterocycles. The van der Waals surface area contributed by atoms with Crippen LogP contribution >= 0.6 is 0 Å². The van der Waals surface area contributed by atoms with Crippen LogP contribution in [0.25, 0.3) is 0 Å². The first kappa shape index (κ1) is 23.1. The SMILES string of the molecule is O=C(O[C@@H]1CCOC1)N1CCN(C(=O)c2ccc(NS(=O)O)c(OC(F)(F)F)c2)CC1. The zero-order valence-corrected chi connectivity index (χ0v) is 16.9.